The first-order chi connectivity index (χ1) is 4.84. The molecule has 1 aromatic rings. The predicted octanol–water partition coefficient (Wildman–Crippen LogP) is -1.85. The maximum Gasteiger partial charge on any atom is 1.00 e. The van der Waals surface area contributed by atoms with E-state index in [1.54, 1.807) is 0 Å². The molecule has 0 aromatic heterocycles. The summed E-state index contributed by atoms with van der Waals surface area (Å²) in [6.45, 7) is 1.92. The molecule has 1 aromatic carbocycles. The van der Waals surface area contributed by atoms with Crippen molar-refractivity contribution in [1.29, 1.82) is 0 Å². The molecule has 1 unspecified atom stereocenters. The molecule has 0 saturated heterocycles. The van der Waals surface area contributed by atoms with Crippen molar-refractivity contribution in [3.05, 3.63) is 35.9 Å². The summed E-state index contributed by atoms with van der Waals surface area (Å²) < 4.78 is 0. The standard InChI is InChI=1S/C9H11O.K/c1-8(7-10)9-5-3-2-4-6-9;/h2-6,8H,7H2,1H3;/q-1;+1. The number of hydrogen-bond donors (Lipinski definition) is 0. The molecule has 0 radical (unpaired) electrons. The molecule has 0 aliphatic carbocycles. The third-order valence-electron chi connectivity index (χ3n) is 1.62. The van der Waals surface area contributed by atoms with Crippen LogP contribution in [0, 0.1) is 0 Å². The zero-order valence-corrected chi connectivity index (χ0v) is 10.2. The van der Waals surface area contributed by atoms with E-state index in [1.807, 2.05) is 37.3 Å². The van der Waals surface area contributed by atoms with Gasteiger partial charge < -0.3 is 5.11 Å². The summed E-state index contributed by atoms with van der Waals surface area (Å²) >= 11 is 0. The maximum absolute atomic E-state index is 10.4. The second-order valence-corrected chi connectivity index (χ2v) is 2.48. The van der Waals surface area contributed by atoms with Crippen LogP contribution in [0.15, 0.2) is 30.3 Å². The minimum atomic E-state index is -0.0238. The Balaban J connectivity index is 0.000001000. The first-order valence-corrected chi connectivity index (χ1v) is 3.47. The van der Waals surface area contributed by atoms with E-state index in [1.165, 1.54) is 0 Å². The molecular weight excluding hydrogens is 163 g/mol. The van der Waals surface area contributed by atoms with Crippen molar-refractivity contribution in [2.45, 2.75) is 12.8 Å². The molecule has 1 nitrogen and oxygen atoms in total. The van der Waals surface area contributed by atoms with E-state index >= 15 is 0 Å². The van der Waals surface area contributed by atoms with Gasteiger partial charge in [-0.3, -0.25) is 0 Å². The Morgan fingerprint density at radius 1 is 1.27 bits per heavy atom. The quantitative estimate of drug-likeness (QED) is 0.483. The first-order valence-electron chi connectivity index (χ1n) is 3.47. The van der Waals surface area contributed by atoms with Gasteiger partial charge in [0.2, 0.25) is 0 Å². The Hall–Kier alpha value is 0.816. The average molecular weight is 174 g/mol. The van der Waals surface area contributed by atoms with E-state index in [2.05, 4.69) is 0 Å². The van der Waals surface area contributed by atoms with E-state index in [0.717, 1.165) is 5.56 Å². The van der Waals surface area contributed by atoms with Crippen LogP contribution in [-0.2, 0) is 0 Å². The van der Waals surface area contributed by atoms with Gasteiger partial charge in [0, 0.05) is 0 Å². The van der Waals surface area contributed by atoms with Crippen LogP contribution >= 0.6 is 0 Å². The fourth-order valence-electron chi connectivity index (χ4n) is 0.878. The molecule has 1 atom stereocenters. The average Bonchev–Trinajstić information content (AvgIpc) is 2.05. The zero-order chi connectivity index (χ0) is 7.40. The van der Waals surface area contributed by atoms with Crippen LogP contribution in [0.5, 0.6) is 0 Å². The maximum atomic E-state index is 10.4. The van der Waals surface area contributed by atoms with Crippen LogP contribution in [0.2, 0.25) is 0 Å². The molecule has 0 amide bonds. The van der Waals surface area contributed by atoms with Crippen LogP contribution in [0.4, 0.5) is 0 Å². The SMILES string of the molecule is CC(C[O-])c1ccccc1.[K+]. The van der Waals surface area contributed by atoms with Crippen LogP contribution in [-0.4, -0.2) is 6.61 Å². The van der Waals surface area contributed by atoms with E-state index in [9.17, 15) is 5.11 Å². The third kappa shape index (κ3) is 3.83. The van der Waals surface area contributed by atoms with Gasteiger partial charge in [-0.25, -0.2) is 0 Å². The normalized spacial score (nSPS) is 11.8. The van der Waals surface area contributed by atoms with Crippen molar-refractivity contribution in [3.63, 3.8) is 0 Å². The van der Waals surface area contributed by atoms with Crippen LogP contribution in [0.25, 0.3) is 0 Å². The second-order valence-electron chi connectivity index (χ2n) is 2.48. The van der Waals surface area contributed by atoms with Gasteiger partial charge in [0.25, 0.3) is 0 Å². The van der Waals surface area contributed by atoms with Gasteiger partial charge in [0.1, 0.15) is 0 Å². The van der Waals surface area contributed by atoms with E-state index in [0.29, 0.717) is 0 Å². The van der Waals surface area contributed by atoms with Crippen LogP contribution in [0.3, 0.4) is 0 Å². The van der Waals surface area contributed by atoms with E-state index in [-0.39, 0.29) is 63.9 Å². The molecule has 54 valence electrons. The smallest absolute Gasteiger partial charge is 0.854 e. The third-order valence-corrected chi connectivity index (χ3v) is 1.62. The Kier molecular flexibility index (Phi) is 6.82. The summed E-state index contributed by atoms with van der Waals surface area (Å²) in [6, 6.07) is 9.86. The minimum Gasteiger partial charge on any atom is -0.854 e. The molecule has 11 heavy (non-hydrogen) atoms. The summed E-state index contributed by atoms with van der Waals surface area (Å²) in [7, 11) is 0. The Bertz CT molecular complexity index is 186. The molecule has 0 N–H and O–H groups in total. The molecule has 0 aliphatic rings. The minimum absolute atomic E-state index is 0. The number of hydrogen-bond acceptors (Lipinski definition) is 1. The largest absolute Gasteiger partial charge is 1.00 e. The summed E-state index contributed by atoms with van der Waals surface area (Å²) in [5.74, 6) is 0.154. The van der Waals surface area contributed by atoms with Crippen molar-refractivity contribution >= 4 is 0 Å². The predicted molar refractivity (Wildman–Crippen MR) is 39.7 cm³/mol. The first kappa shape index (κ1) is 11.8. The number of rotatable bonds is 2. The van der Waals surface area contributed by atoms with Crippen LogP contribution in [0.1, 0.15) is 18.4 Å². The molecule has 0 spiro atoms. The Labute approximate surface area is 110 Å². The topological polar surface area (TPSA) is 23.1 Å². The fourth-order valence-corrected chi connectivity index (χ4v) is 0.878. The molecule has 0 saturated carbocycles. The monoisotopic (exact) mass is 174 g/mol. The van der Waals surface area contributed by atoms with Gasteiger partial charge in [0.05, 0.1) is 0 Å². The van der Waals surface area contributed by atoms with Gasteiger partial charge in [-0.15, -0.1) is 6.61 Å². The van der Waals surface area contributed by atoms with Crippen molar-refractivity contribution in [3.8, 4) is 0 Å². The van der Waals surface area contributed by atoms with Crippen molar-refractivity contribution in [2.24, 2.45) is 0 Å². The molecule has 0 fully saturated rings. The Morgan fingerprint density at radius 2 is 1.82 bits per heavy atom. The van der Waals surface area contributed by atoms with Gasteiger partial charge in [-0.1, -0.05) is 37.3 Å². The summed E-state index contributed by atoms with van der Waals surface area (Å²) in [4.78, 5) is 0. The summed E-state index contributed by atoms with van der Waals surface area (Å²) in [6.07, 6.45) is 0. The molecule has 0 heterocycles. The molecular formula is C9H11KO. The molecule has 0 bridgehead atoms. The van der Waals surface area contributed by atoms with Crippen LogP contribution < -0.4 is 56.5 Å². The summed E-state index contributed by atoms with van der Waals surface area (Å²) in [5.41, 5.74) is 1.14. The second kappa shape index (κ2) is 6.35. The Morgan fingerprint density at radius 3 is 2.27 bits per heavy atom. The number of benzene rings is 1. The van der Waals surface area contributed by atoms with Crippen molar-refractivity contribution in [2.75, 3.05) is 6.61 Å². The fraction of sp³-hybridized carbons (Fsp3) is 0.333. The molecule has 1 rings (SSSR count). The van der Waals surface area contributed by atoms with Gasteiger partial charge in [-0.2, -0.15) is 0 Å². The van der Waals surface area contributed by atoms with Gasteiger partial charge in [0.15, 0.2) is 0 Å². The van der Waals surface area contributed by atoms with Gasteiger partial charge in [-0.05, 0) is 11.5 Å². The zero-order valence-electron chi connectivity index (χ0n) is 7.08. The van der Waals surface area contributed by atoms with Gasteiger partial charge >= 0.3 is 51.4 Å². The van der Waals surface area contributed by atoms with Crippen molar-refractivity contribution < 1.29 is 56.5 Å². The molecule has 2 heteroatoms. The van der Waals surface area contributed by atoms with E-state index < -0.39 is 0 Å². The van der Waals surface area contributed by atoms with Crippen molar-refractivity contribution in [1.82, 2.24) is 0 Å². The molecule has 0 aliphatic heterocycles. The van der Waals surface area contributed by atoms with E-state index in [4.69, 9.17) is 0 Å². The summed E-state index contributed by atoms with van der Waals surface area (Å²) in [5, 5.41) is 10.4.